The maximum atomic E-state index is 10.8. The van der Waals surface area contributed by atoms with Gasteiger partial charge in [0.2, 0.25) is 0 Å². The minimum absolute atomic E-state index is 0.117. The Balaban J connectivity index is 1.95. The van der Waals surface area contributed by atoms with Gasteiger partial charge in [-0.3, -0.25) is 10.1 Å². The Bertz CT molecular complexity index is 683. The summed E-state index contributed by atoms with van der Waals surface area (Å²) in [5.41, 5.74) is 3.40. The summed E-state index contributed by atoms with van der Waals surface area (Å²) in [6.07, 6.45) is 0.769. The number of hydrogen-bond acceptors (Lipinski definition) is 5. The minimum Gasteiger partial charge on any atom is -0.341 e. The normalized spacial score (nSPS) is 13.1. The number of hydrogen-bond donors (Lipinski definition) is 0. The molecule has 0 aromatic heterocycles. The highest BCUT2D eigenvalue weighted by molar-refractivity contribution is 5.72. The van der Waals surface area contributed by atoms with Crippen molar-refractivity contribution in [2.75, 3.05) is 11.4 Å². The van der Waals surface area contributed by atoms with Gasteiger partial charge in [-0.15, -0.1) is 4.91 Å². The molecular weight excluding hydrogens is 258 g/mol. The molecule has 6 nitrogen and oxygen atoms in total. The molecule has 2 aromatic carbocycles. The monoisotopic (exact) mass is 269 g/mol. The van der Waals surface area contributed by atoms with E-state index in [0.717, 1.165) is 29.9 Å². The van der Waals surface area contributed by atoms with E-state index >= 15 is 0 Å². The molecule has 20 heavy (non-hydrogen) atoms. The number of non-ortho nitro benzene ring substituents is 1. The van der Waals surface area contributed by atoms with Crippen LogP contribution >= 0.6 is 0 Å². The Morgan fingerprint density at radius 2 is 1.90 bits per heavy atom. The highest BCUT2D eigenvalue weighted by atomic mass is 16.6. The summed E-state index contributed by atoms with van der Waals surface area (Å²) < 4.78 is 0. The van der Waals surface area contributed by atoms with E-state index in [9.17, 15) is 15.0 Å². The molecule has 3 rings (SSSR count). The fourth-order valence-electron chi connectivity index (χ4n) is 2.46. The van der Waals surface area contributed by atoms with E-state index in [1.807, 2.05) is 12.1 Å². The lowest BCUT2D eigenvalue weighted by Gasteiger charge is -2.19. The Morgan fingerprint density at radius 3 is 2.55 bits per heavy atom. The standard InChI is InChI=1S/C14H11N3O3/c18-15-11-1-3-12(4-2-11)16-8-7-10-9-13(17(19)20)5-6-14(10)16/h1-6,9H,7-8H2. The fraction of sp³-hybridized carbons (Fsp3) is 0.143. The Hall–Kier alpha value is -2.76. The number of rotatable bonds is 3. The van der Waals surface area contributed by atoms with E-state index in [0.29, 0.717) is 5.69 Å². The van der Waals surface area contributed by atoms with E-state index in [1.54, 1.807) is 24.3 Å². The molecule has 0 saturated carbocycles. The van der Waals surface area contributed by atoms with Crippen molar-refractivity contribution >= 4 is 22.7 Å². The van der Waals surface area contributed by atoms with Crippen LogP contribution in [0.1, 0.15) is 5.56 Å². The van der Waals surface area contributed by atoms with Crippen LogP contribution in [0.2, 0.25) is 0 Å². The molecule has 0 atom stereocenters. The molecule has 1 heterocycles. The zero-order valence-corrected chi connectivity index (χ0v) is 10.5. The number of fused-ring (bicyclic) bond motifs is 1. The van der Waals surface area contributed by atoms with Crippen LogP contribution in [0.25, 0.3) is 0 Å². The number of benzene rings is 2. The second kappa shape index (κ2) is 4.73. The number of nitro groups is 1. The topological polar surface area (TPSA) is 75.8 Å². The van der Waals surface area contributed by atoms with Crippen molar-refractivity contribution in [3.63, 3.8) is 0 Å². The van der Waals surface area contributed by atoms with Crippen LogP contribution in [0, 0.1) is 15.0 Å². The first-order chi connectivity index (χ1) is 9.69. The number of nitrogens with zero attached hydrogens (tertiary/aromatic N) is 3. The van der Waals surface area contributed by atoms with Gasteiger partial charge in [0.1, 0.15) is 5.69 Å². The van der Waals surface area contributed by atoms with Gasteiger partial charge in [-0.25, -0.2) is 0 Å². The van der Waals surface area contributed by atoms with Crippen molar-refractivity contribution < 1.29 is 4.92 Å². The first-order valence-corrected chi connectivity index (χ1v) is 6.17. The van der Waals surface area contributed by atoms with Crippen LogP contribution < -0.4 is 4.90 Å². The minimum atomic E-state index is -0.381. The molecule has 0 radical (unpaired) electrons. The first-order valence-electron chi connectivity index (χ1n) is 6.17. The maximum Gasteiger partial charge on any atom is 0.269 e. The Morgan fingerprint density at radius 1 is 1.15 bits per heavy atom. The third-order valence-electron chi connectivity index (χ3n) is 3.44. The highest BCUT2D eigenvalue weighted by Crippen LogP contribution is 2.36. The largest absolute Gasteiger partial charge is 0.341 e. The Kier molecular flexibility index (Phi) is 2.90. The van der Waals surface area contributed by atoms with Gasteiger partial charge in [-0.1, -0.05) is 0 Å². The van der Waals surface area contributed by atoms with E-state index in [-0.39, 0.29) is 10.6 Å². The van der Waals surface area contributed by atoms with E-state index in [2.05, 4.69) is 10.1 Å². The van der Waals surface area contributed by atoms with Crippen molar-refractivity contribution in [2.24, 2.45) is 5.18 Å². The second-order valence-electron chi connectivity index (χ2n) is 4.58. The average molecular weight is 269 g/mol. The van der Waals surface area contributed by atoms with Crippen LogP contribution in [0.5, 0.6) is 0 Å². The smallest absolute Gasteiger partial charge is 0.269 e. The van der Waals surface area contributed by atoms with Gasteiger partial charge in [0.05, 0.1) is 4.92 Å². The van der Waals surface area contributed by atoms with Crippen molar-refractivity contribution in [1.29, 1.82) is 0 Å². The number of nitroso groups, excluding NO2 is 1. The predicted octanol–water partition coefficient (Wildman–Crippen LogP) is 3.69. The molecule has 1 aliphatic rings. The third-order valence-corrected chi connectivity index (χ3v) is 3.44. The van der Waals surface area contributed by atoms with Gasteiger partial charge >= 0.3 is 0 Å². The number of nitro benzene ring substituents is 1. The van der Waals surface area contributed by atoms with Gasteiger partial charge < -0.3 is 4.90 Å². The molecular formula is C14H11N3O3. The summed E-state index contributed by atoms with van der Waals surface area (Å²) in [6, 6.07) is 11.9. The van der Waals surface area contributed by atoms with Crippen molar-refractivity contribution in [1.82, 2.24) is 0 Å². The molecule has 0 bridgehead atoms. The Labute approximate surface area is 114 Å². The van der Waals surface area contributed by atoms with Crippen molar-refractivity contribution in [3.05, 3.63) is 63.0 Å². The zero-order chi connectivity index (χ0) is 14.1. The molecule has 100 valence electrons. The maximum absolute atomic E-state index is 10.8. The lowest BCUT2D eigenvalue weighted by Crippen LogP contribution is -2.12. The van der Waals surface area contributed by atoms with Gasteiger partial charge in [0, 0.05) is 30.1 Å². The average Bonchev–Trinajstić information content (AvgIpc) is 2.90. The summed E-state index contributed by atoms with van der Waals surface area (Å²) in [5.74, 6) is 0. The van der Waals surface area contributed by atoms with E-state index < -0.39 is 0 Å². The second-order valence-corrected chi connectivity index (χ2v) is 4.58. The lowest BCUT2D eigenvalue weighted by atomic mass is 10.1. The fourth-order valence-corrected chi connectivity index (χ4v) is 2.46. The summed E-state index contributed by atoms with van der Waals surface area (Å²) in [7, 11) is 0. The van der Waals surface area contributed by atoms with Crippen LogP contribution in [0.4, 0.5) is 22.7 Å². The van der Waals surface area contributed by atoms with Crippen LogP contribution in [0.15, 0.2) is 47.6 Å². The van der Waals surface area contributed by atoms with Crippen LogP contribution in [-0.4, -0.2) is 11.5 Å². The highest BCUT2D eigenvalue weighted by Gasteiger charge is 2.22. The van der Waals surface area contributed by atoms with Crippen LogP contribution in [-0.2, 0) is 6.42 Å². The van der Waals surface area contributed by atoms with Gasteiger partial charge in [-0.05, 0) is 47.5 Å². The molecule has 6 heteroatoms. The predicted molar refractivity (Wildman–Crippen MR) is 75.7 cm³/mol. The van der Waals surface area contributed by atoms with Crippen molar-refractivity contribution in [3.8, 4) is 0 Å². The SMILES string of the molecule is O=Nc1ccc(N2CCc3cc([N+](=O)[O-])ccc32)cc1. The molecule has 0 spiro atoms. The molecule has 0 fully saturated rings. The molecule has 2 aromatic rings. The van der Waals surface area contributed by atoms with Crippen molar-refractivity contribution in [2.45, 2.75) is 6.42 Å². The molecule has 0 N–H and O–H groups in total. The number of anilines is 2. The molecule has 0 aliphatic carbocycles. The van der Waals surface area contributed by atoms with Crippen LogP contribution in [0.3, 0.4) is 0 Å². The summed E-state index contributed by atoms with van der Waals surface area (Å²) >= 11 is 0. The van der Waals surface area contributed by atoms with Gasteiger partial charge in [0.25, 0.3) is 5.69 Å². The molecule has 0 amide bonds. The zero-order valence-electron chi connectivity index (χ0n) is 10.5. The molecule has 0 saturated heterocycles. The summed E-state index contributed by atoms with van der Waals surface area (Å²) in [5, 5.41) is 13.6. The van der Waals surface area contributed by atoms with E-state index in [4.69, 9.17) is 0 Å². The van der Waals surface area contributed by atoms with Gasteiger partial charge in [-0.2, -0.15) is 0 Å². The summed E-state index contributed by atoms with van der Waals surface area (Å²) in [4.78, 5) is 22.9. The first kappa shape index (κ1) is 12.3. The quantitative estimate of drug-likeness (QED) is 0.483. The third kappa shape index (κ3) is 2.01. The van der Waals surface area contributed by atoms with Gasteiger partial charge in [0.15, 0.2) is 0 Å². The lowest BCUT2D eigenvalue weighted by molar-refractivity contribution is -0.384. The van der Waals surface area contributed by atoms with E-state index in [1.165, 1.54) is 6.07 Å². The molecule has 1 aliphatic heterocycles. The summed E-state index contributed by atoms with van der Waals surface area (Å²) in [6.45, 7) is 0.768. The molecule has 0 unspecified atom stereocenters.